The van der Waals surface area contributed by atoms with Crippen molar-refractivity contribution in [2.24, 2.45) is 11.8 Å². The number of nitrogens with one attached hydrogen (secondary N) is 1. The molecule has 1 aromatic heterocycles. The van der Waals surface area contributed by atoms with Gasteiger partial charge in [0.1, 0.15) is 0 Å². The van der Waals surface area contributed by atoms with Crippen LogP contribution in [-0.4, -0.2) is 7.05 Å². The Bertz CT molecular complexity index is 315. The Morgan fingerprint density at radius 1 is 1.64 bits per heavy atom. The van der Waals surface area contributed by atoms with Crippen LogP contribution in [0.3, 0.4) is 0 Å². The third-order valence-electron chi connectivity index (χ3n) is 3.09. The summed E-state index contributed by atoms with van der Waals surface area (Å²) in [5.41, 5.74) is 1.21. The van der Waals surface area contributed by atoms with Gasteiger partial charge < -0.3 is 5.32 Å². The van der Waals surface area contributed by atoms with E-state index >= 15 is 0 Å². The SMILES string of the molecule is CNC(c1cc(C)c(Cl)s1)C1CC1C. The van der Waals surface area contributed by atoms with E-state index in [2.05, 4.69) is 25.2 Å². The minimum absolute atomic E-state index is 0.515. The zero-order valence-electron chi connectivity index (χ0n) is 8.80. The lowest BCUT2D eigenvalue weighted by molar-refractivity contribution is 0.512. The van der Waals surface area contributed by atoms with E-state index in [9.17, 15) is 0 Å². The van der Waals surface area contributed by atoms with Crippen LogP contribution in [0.5, 0.6) is 0 Å². The van der Waals surface area contributed by atoms with Crippen LogP contribution < -0.4 is 5.32 Å². The predicted molar refractivity (Wildman–Crippen MR) is 63.1 cm³/mol. The molecule has 0 radical (unpaired) electrons. The van der Waals surface area contributed by atoms with Crippen LogP contribution in [-0.2, 0) is 0 Å². The number of halogens is 1. The van der Waals surface area contributed by atoms with Gasteiger partial charge in [0.2, 0.25) is 0 Å². The first-order chi connectivity index (χ1) is 6.63. The number of rotatable bonds is 3. The summed E-state index contributed by atoms with van der Waals surface area (Å²) in [6, 6.07) is 2.74. The topological polar surface area (TPSA) is 12.0 Å². The van der Waals surface area contributed by atoms with Gasteiger partial charge in [0.05, 0.1) is 4.34 Å². The molecule has 1 N–H and O–H groups in total. The van der Waals surface area contributed by atoms with Crippen LogP contribution >= 0.6 is 22.9 Å². The summed E-state index contributed by atoms with van der Waals surface area (Å²) < 4.78 is 0.938. The highest BCUT2D eigenvalue weighted by atomic mass is 35.5. The van der Waals surface area contributed by atoms with Crippen molar-refractivity contribution in [1.29, 1.82) is 0 Å². The van der Waals surface area contributed by atoms with Crippen molar-refractivity contribution < 1.29 is 0 Å². The van der Waals surface area contributed by atoms with Gasteiger partial charge in [-0.15, -0.1) is 11.3 Å². The van der Waals surface area contributed by atoms with E-state index in [1.165, 1.54) is 16.9 Å². The lowest BCUT2D eigenvalue weighted by atomic mass is 10.1. The van der Waals surface area contributed by atoms with Crippen LogP contribution in [0.2, 0.25) is 4.34 Å². The number of thiophene rings is 1. The molecule has 0 spiro atoms. The maximum Gasteiger partial charge on any atom is 0.0960 e. The summed E-state index contributed by atoms with van der Waals surface area (Å²) in [6.07, 6.45) is 1.35. The summed E-state index contributed by atoms with van der Waals surface area (Å²) in [5, 5.41) is 3.40. The second kappa shape index (κ2) is 3.84. The fourth-order valence-corrected chi connectivity index (χ4v) is 3.42. The molecule has 1 nitrogen and oxygen atoms in total. The van der Waals surface area contributed by atoms with Gasteiger partial charge in [0.25, 0.3) is 0 Å². The Labute approximate surface area is 94.5 Å². The van der Waals surface area contributed by atoms with Crippen molar-refractivity contribution in [2.75, 3.05) is 7.05 Å². The predicted octanol–water partition coefficient (Wildman–Crippen LogP) is 3.63. The number of hydrogen-bond donors (Lipinski definition) is 1. The highest BCUT2D eigenvalue weighted by molar-refractivity contribution is 7.16. The first-order valence-electron chi connectivity index (χ1n) is 5.06. The smallest absolute Gasteiger partial charge is 0.0960 e. The Morgan fingerprint density at radius 2 is 2.29 bits per heavy atom. The van der Waals surface area contributed by atoms with Crippen molar-refractivity contribution in [2.45, 2.75) is 26.3 Å². The molecule has 1 aliphatic rings. The van der Waals surface area contributed by atoms with Crippen molar-refractivity contribution in [3.8, 4) is 0 Å². The summed E-state index contributed by atoms with van der Waals surface area (Å²) in [6.45, 7) is 4.39. The average molecular weight is 230 g/mol. The molecule has 78 valence electrons. The van der Waals surface area contributed by atoms with E-state index in [0.29, 0.717) is 6.04 Å². The zero-order valence-corrected chi connectivity index (χ0v) is 10.4. The van der Waals surface area contributed by atoms with E-state index in [1.54, 1.807) is 11.3 Å². The van der Waals surface area contributed by atoms with Gasteiger partial charge in [0.15, 0.2) is 0 Å². The van der Waals surface area contributed by atoms with Crippen molar-refractivity contribution >= 4 is 22.9 Å². The lowest BCUT2D eigenvalue weighted by Gasteiger charge is -2.13. The molecule has 3 heteroatoms. The molecule has 2 rings (SSSR count). The molecule has 0 aromatic carbocycles. The van der Waals surface area contributed by atoms with Gasteiger partial charge in [-0.05, 0) is 43.9 Å². The van der Waals surface area contributed by atoms with E-state index in [4.69, 9.17) is 11.6 Å². The minimum Gasteiger partial charge on any atom is -0.312 e. The van der Waals surface area contributed by atoms with E-state index in [1.807, 2.05) is 7.05 Å². The standard InChI is InChI=1S/C11H16ClNS/c1-6-4-8(6)10(13-3)9-5-7(2)11(12)14-9/h5-6,8,10,13H,4H2,1-3H3. The molecular formula is C11H16ClNS. The fourth-order valence-electron chi connectivity index (χ4n) is 2.02. The maximum absolute atomic E-state index is 6.08. The molecule has 14 heavy (non-hydrogen) atoms. The lowest BCUT2D eigenvalue weighted by Crippen LogP contribution is -2.17. The average Bonchev–Trinajstić information content (AvgIpc) is 2.74. The molecule has 0 amide bonds. The van der Waals surface area contributed by atoms with E-state index in [-0.39, 0.29) is 0 Å². The first-order valence-corrected chi connectivity index (χ1v) is 6.26. The molecule has 3 atom stereocenters. The van der Waals surface area contributed by atoms with Crippen LogP contribution in [0.15, 0.2) is 6.07 Å². The summed E-state index contributed by atoms with van der Waals surface area (Å²) in [4.78, 5) is 1.39. The van der Waals surface area contributed by atoms with E-state index in [0.717, 1.165) is 16.2 Å². The van der Waals surface area contributed by atoms with Gasteiger partial charge in [-0.1, -0.05) is 18.5 Å². The van der Waals surface area contributed by atoms with Crippen LogP contribution in [0, 0.1) is 18.8 Å². The van der Waals surface area contributed by atoms with Crippen molar-refractivity contribution in [1.82, 2.24) is 5.32 Å². The first kappa shape index (κ1) is 10.5. The van der Waals surface area contributed by atoms with Crippen molar-refractivity contribution in [3.05, 3.63) is 20.8 Å². The second-order valence-electron chi connectivity index (χ2n) is 4.25. The number of aryl methyl sites for hydroxylation is 1. The van der Waals surface area contributed by atoms with E-state index < -0.39 is 0 Å². The normalized spacial score (nSPS) is 27.7. The summed E-state index contributed by atoms with van der Waals surface area (Å²) in [5.74, 6) is 1.68. The van der Waals surface area contributed by atoms with Gasteiger partial charge in [-0.2, -0.15) is 0 Å². The molecule has 0 aliphatic heterocycles. The Balaban J connectivity index is 2.19. The maximum atomic E-state index is 6.08. The fraction of sp³-hybridized carbons (Fsp3) is 0.636. The molecule has 1 saturated carbocycles. The zero-order chi connectivity index (χ0) is 10.3. The minimum atomic E-state index is 0.515. The Morgan fingerprint density at radius 3 is 2.64 bits per heavy atom. The number of hydrogen-bond acceptors (Lipinski definition) is 2. The van der Waals surface area contributed by atoms with Gasteiger partial charge >= 0.3 is 0 Å². The van der Waals surface area contributed by atoms with Gasteiger partial charge in [-0.3, -0.25) is 0 Å². The van der Waals surface area contributed by atoms with Gasteiger partial charge in [0, 0.05) is 10.9 Å². The van der Waals surface area contributed by atoms with Crippen molar-refractivity contribution in [3.63, 3.8) is 0 Å². The van der Waals surface area contributed by atoms with Crippen LogP contribution in [0.1, 0.15) is 29.8 Å². The molecule has 0 bridgehead atoms. The second-order valence-corrected chi connectivity index (χ2v) is 5.93. The Hall–Kier alpha value is -0.0500. The molecule has 1 heterocycles. The molecule has 1 fully saturated rings. The van der Waals surface area contributed by atoms with Crippen LogP contribution in [0.4, 0.5) is 0 Å². The van der Waals surface area contributed by atoms with Gasteiger partial charge in [-0.25, -0.2) is 0 Å². The molecular weight excluding hydrogens is 214 g/mol. The molecule has 1 aromatic rings. The molecule has 0 saturated heterocycles. The van der Waals surface area contributed by atoms with Crippen LogP contribution in [0.25, 0.3) is 0 Å². The quantitative estimate of drug-likeness (QED) is 0.835. The Kier molecular flexibility index (Phi) is 2.87. The highest BCUT2D eigenvalue weighted by Gasteiger charge is 2.40. The molecule has 1 aliphatic carbocycles. The third kappa shape index (κ3) is 1.83. The largest absolute Gasteiger partial charge is 0.312 e. The third-order valence-corrected chi connectivity index (χ3v) is 4.73. The highest BCUT2D eigenvalue weighted by Crippen LogP contribution is 2.48. The summed E-state index contributed by atoms with van der Waals surface area (Å²) >= 11 is 7.80. The summed E-state index contributed by atoms with van der Waals surface area (Å²) in [7, 11) is 2.04. The molecule has 3 unspecified atom stereocenters. The monoisotopic (exact) mass is 229 g/mol.